The van der Waals surface area contributed by atoms with E-state index in [1.54, 1.807) is 0 Å². The van der Waals surface area contributed by atoms with Crippen LogP contribution in [0.15, 0.2) is 30.3 Å². The fourth-order valence-electron chi connectivity index (χ4n) is 2.10. The van der Waals surface area contributed by atoms with Crippen molar-refractivity contribution in [3.63, 3.8) is 0 Å². The van der Waals surface area contributed by atoms with E-state index in [2.05, 4.69) is 24.3 Å². The molecule has 0 spiro atoms. The quantitative estimate of drug-likeness (QED) is 0.817. The second-order valence-electron chi connectivity index (χ2n) is 4.24. The van der Waals surface area contributed by atoms with E-state index in [9.17, 15) is 0 Å². The Kier molecular flexibility index (Phi) is 3.75. The van der Waals surface area contributed by atoms with Crippen molar-refractivity contribution in [2.24, 2.45) is 5.73 Å². The van der Waals surface area contributed by atoms with Crippen LogP contribution in [0.5, 0.6) is 0 Å². The third-order valence-corrected chi connectivity index (χ3v) is 3.05. The number of ether oxygens (including phenoxy) is 1. The molecule has 2 N–H and O–H groups in total. The van der Waals surface area contributed by atoms with Gasteiger partial charge in [0.25, 0.3) is 0 Å². The molecule has 1 aromatic rings. The molecule has 2 unspecified atom stereocenters. The van der Waals surface area contributed by atoms with E-state index in [4.69, 9.17) is 10.5 Å². The lowest BCUT2D eigenvalue weighted by Crippen LogP contribution is -2.34. The van der Waals surface area contributed by atoms with E-state index in [0.29, 0.717) is 6.10 Å². The summed E-state index contributed by atoms with van der Waals surface area (Å²) in [6, 6.07) is 10.7. The van der Waals surface area contributed by atoms with E-state index in [1.807, 2.05) is 6.07 Å². The molecule has 0 bridgehead atoms. The summed E-state index contributed by atoms with van der Waals surface area (Å²) in [6.07, 6.45) is 4.68. The Morgan fingerprint density at radius 1 is 1.33 bits per heavy atom. The van der Waals surface area contributed by atoms with Crippen molar-refractivity contribution >= 4 is 0 Å². The van der Waals surface area contributed by atoms with E-state index >= 15 is 0 Å². The second-order valence-corrected chi connectivity index (χ2v) is 4.24. The lowest BCUT2D eigenvalue weighted by atomic mass is 10.0. The molecule has 1 heterocycles. The molecule has 1 saturated heterocycles. The Morgan fingerprint density at radius 2 is 2.13 bits per heavy atom. The Morgan fingerprint density at radius 3 is 2.80 bits per heavy atom. The van der Waals surface area contributed by atoms with E-state index in [-0.39, 0.29) is 6.04 Å². The molecule has 1 aliphatic heterocycles. The Labute approximate surface area is 91.4 Å². The highest BCUT2D eigenvalue weighted by Gasteiger charge is 2.22. The maximum Gasteiger partial charge on any atom is 0.0726 e. The molecule has 1 aliphatic rings. The molecule has 2 atom stereocenters. The minimum Gasteiger partial charge on any atom is -0.377 e. The molecule has 1 aromatic carbocycles. The van der Waals surface area contributed by atoms with Crippen molar-refractivity contribution in [1.29, 1.82) is 0 Å². The number of nitrogens with two attached hydrogens (primary N) is 1. The van der Waals surface area contributed by atoms with Gasteiger partial charge in [0, 0.05) is 12.6 Å². The van der Waals surface area contributed by atoms with Gasteiger partial charge >= 0.3 is 0 Å². The molecule has 0 amide bonds. The lowest BCUT2D eigenvalue weighted by Gasteiger charge is -2.18. The summed E-state index contributed by atoms with van der Waals surface area (Å²) < 4.78 is 5.58. The van der Waals surface area contributed by atoms with E-state index in [0.717, 1.165) is 25.9 Å². The number of hydrogen-bond donors (Lipinski definition) is 1. The molecule has 82 valence electrons. The average molecular weight is 205 g/mol. The molecule has 1 fully saturated rings. The van der Waals surface area contributed by atoms with Crippen LogP contribution < -0.4 is 5.73 Å². The maximum atomic E-state index is 6.10. The van der Waals surface area contributed by atoms with Crippen molar-refractivity contribution in [2.75, 3.05) is 6.61 Å². The topological polar surface area (TPSA) is 35.2 Å². The van der Waals surface area contributed by atoms with E-state index < -0.39 is 0 Å². The first-order chi connectivity index (χ1) is 7.36. The zero-order valence-electron chi connectivity index (χ0n) is 9.06. The highest BCUT2D eigenvalue weighted by atomic mass is 16.5. The van der Waals surface area contributed by atoms with Crippen molar-refractivity contribution in [3.8, 4) is 0 Å². The molecule has 0 saturated carbocycles. The van der Waals surface area contributed by atoms with Gasteiger partial charge in [-0.25, -0.2) is 0 Å². The largest absolute Gasteiger partial charge is 0.377 e. The highest BCUT2D eigenvalue weighted by Crippen LogP contribution is 2.17. The van der Waals surface area contributed by atoms with Gasteiger partial charge in [0.05, 0.1) is 6.10 Å². The zero-order chi connectivity index (χ0) is 10.5. The fourth-order valence-corrected chi connectivity index (χ4v) is 2.10. The van der Waals surface area contributed by atoms with E-state index in [1.165, 1.54) is 12.0 Å². The van der Waals surface area contributed by atoms with Crippen LogP contribution in [-0.4, -0.2) is 18.8 Å². The van der Waals surface area contributed by atoms with Gasteiger partial charge in [-0.1, -0.05) is 30.3 Å². The second kappa shape index (κ2) is 5.29. The van der Waals surface area contributed by atoms with Crippen LogP contribution in [0.3, 0.4) is 0 Å². The first kappa shape index (κ1) is 10.7. The first-order valence-corrected chi connectivity index (χ1v) is 5.77. The van der Waals surface area contributed by atoms with Crippen LogP contribution in [0.1, 0.15) is 24.8 Å². The van der Waals surface area contributed by atoms with Gasteiger partial charge in [0.1, 0.15) is 0 Å². The summed E-state index contributed by atoms with van der Waals surface area (Å²) in [5.41, 5.74) is 7.47. The Balaban J connectivity index is 1.77. The van der Waals surface area contributed by atoms with Gasteiger partial charge in [0.2, 0.25) is 0 Å². The van der Waals surface area contributed by atoms with Crippen molar-refractivity contribution < 1.29 is 4.74 Å². The third-order valence-electron chi connectivity index (χ3n) is 3.05. The molecular weight excluding hydrogens is 186 g/mol. The molecule has 2 rings (SSSR count). The zero-order valence-corrected chi connectivity index (χ0v) is 9.06. The van der Waals surface area contributed by atoms with Crippen LogP contribution in [0, 0.1) is 0 Å². The number of rotatable bonds is 4. The van der Waals surface area contributed by atoms with Crippen LogP contribution in [0.4, 0.5) is 0 Å². The molecule has 0 radical (unpaired) electrons. The third kappa shape index (κ3) is 3.05. The monoisotopic (exact) mass is 205 g/mol. The van der Waals surface area contributed by atoms with Gasteiger partial charge in [-0.2, -0.15) is 0 Å². The van der Waals surface area contributed by atoms with Crippen LogP contribution in [-0.2, 0) is 11.2 Å². The number of benzene rings is 1. The summed E-state index contributed by atoms with van der Waals surface area (Å²) in [6.45, 7) is 0.893. The van der Waals surface area contributed by atoms with Crippen molar-refractivity contribution in [3.05, 3.63) is 35.9 Å². The molecule has 2 nitrogen and oxygen atoms in total. The van der Waals surface area contributed by atoms with Gasteiger partial charge in [-0.05, 0) is 31.2 Å². The highest BCUT2D eigenvalue weighted by molar-refractivity contribution is 5.14. The minimum absolute atomic E-state index is 0.202. The molecular formula is C13H19NO. The average Bonchev–Trinajstić information content (AvgIpc) is 2.81. The van der Waals surface area contributed by atoms with Crippen LogP contribution in [0.25, 0.3) is 0 Å². The summed E-state index contributed by atoms with van der Waals surface area (Å²) in [7, 11) is 0. The van der Waals surface area contributed by atoms with Gasteiger partial charge in [-0.3, -0.25) is 0 Å². The predicted molar refractivity (Wildman–Crippen MR) is 61.7 cm³/mol. The standard InChI is InChI=1S/C13H19NO/c14-12(13-7-4-10-15-13)9-8-11-5-2-1-3-6-11/h1-3,5-6,12-13H,4,7-10,14H2. The molecule has 0 aliphatic carbocycles. The number of aryl methyl sites for hydroxylation is 1. The molecule has 15 heavy (non-hydrogen) atoms. The fraction of sp³-hybridized carbons (Fsp3) is 0.538. The first-order valence-electron chi connectivity index (χ1n) is 5.77. The van der Waals surface area contributed by atoms with Crippen LogP contribution in [0.2, 0.25) is 0 Å². The summed E-state index contributed by atoms with van der Waals surface area (Å²) >= 11 is 0. The minimum atomic E-state index is 0.202. The SMILES string of the molecule is NC(CCc1ccccc1)C1CCCO1. The Hall–Kier alpha value is -0.860. The normalized spacial score (nSPS) is 22.9. The summed E-state index contributed by atoms with van der Waals surface area (Å²) in [5, 5.41) is 0. The van der Waals surface area contributed by atoms with Crippen molar-refractivity contribution in [1.82, 2.24) is 0 Å². The maximum absolute atomic E-state index is 6.10. The predicted octanol–water partition coefficient (Wildman–Crippen LogP) is 2.13. The Bertz CT molecular complexity index is 280. The van der Waals surface area contributed by atoms with Crippen LogP contribution >= 0.6 is 0 Å². The van der Waals surface area contributed by atoms with Gasteiger partial charge in [-0.15, -0.1) is 0 Å². The number of hydrogen-bond acceptors (Lipinski definition) is 2. The van der Waals surface area contributed by atoms with Gasteiger partial charge in [0.15, 0.2) is 0 Å². The summed E-state index contributed by atoms with van der Waals surface area (Å²) in [5.74, 6) is 0. The van der Waals surface area contributed by atoms with Crippen molar-refractivity contribution in [2.45, 2.75) is 37.8 Å². The summed E-state index contributed by atoms with van der Waals surface area (Å²) in [4.78, 5) is 0. The smallest absolute Gasteiger partial charge is 0.0726 e. The molecule has 0 aromatic heterocycles. The lowest BCUT2D eigenvalue weighted by molar-refractivity contribution is 0.0877. The van der Waals surface area contributed by atoms with Gasteiger partial charge < -0.3 is 10.5 Å². The molecule has 2 heteroatoms.